The zero-order chi connectivity index (χ0) is 19.8. The first kappa shape index (κ1) is 21.6. The van der Waals surface area contributed by atoms with E-state index in [-0.39, 0.29) is 5.82 Å². The summed E-state index contributed by atoms with van der Waals surface area (Å²) in [5, 5.41) is 0. The molecule has 0 amide bonds. The maximum atomic E-state index is 14.1. The van der Waals surface area contributed by atoms with Crippen LogP contribution in [0.1, 0.15) is 102 Å². The maximum absolute atomic E-state index is 14.1. The average Bonchev–Trinajstić information content (AvgIpc) is 2.74. The Hall–Kier alpha value is -1.11. The third-order valence-corrected chi connectivity index (χ3v) is 7.51. The van der Waals surface area contributed by atoms with Gasteiger partial charge < -0.3 is 0 Å². The Balaban J connectivity index is 1.36. The van der Waals surface area contributed by atoms with Gasteiger partial charge in [-0.2, -0.15) is 0 Å². The van der Waals surface area contributed by atoms with E-state index in [0.29, 0.717) is 0 Å². The van der Waals surface area contributed by atoms with Crippen molar-refractivity contribution in [3.8, 4) is 0 Å². The molecule has 1 unspecified atom stereocenters. The molecule has 156 valence electrons. The Morgan fingerprint density at radius 2 is 1.61 bits per heavy atom. The Morgan fingerprint density at radius 3 is 2.25 bits per heavy atom. The summed E-state index contributed by atoms with van der Waals surface area (Å²) in [7, 11) is 0. The summed E-state index contributed by atoms with van der Waals surface area (Å²) in [5.41, 5.74) is 3.63. The molecule has 1 aromatic carbocycles. The van der Waals surface area contributed by atoms with E-state index in [1.165, 1.54) is 64.2 Å². The summed E-state index contributed by atoms with van der Waals surface area (Å²) in [4.78, 5) is 0. The summed E-state index contributed by atoms with van der Waals surface area (Å²) in [6.07, 6.45) is 20.6. The Bertz CT molecular complexity index is 621. The second-order valence-electron chi connectivity index (χ2n) is 9.55. The highest BCUT2D eigenvalue weighted by Crippen LogP contribution is 2.36. The molecule has 0 spiro atoms. The van der Waals surface area contributed by atoms with Crippen molar-refractivity contribution in [2.45, 2.75) is 104 Å². The fourth-order valence-electron chi connectivity index (χ4n) is 5.36. The van der Waals surface area contributed by atoms with Gasteiger partial charge in [0.25, 0.3) is 0 Å². The fourth-order valence-corrected chi connectivity index (χ4v) is 5.36. The molecular formula is C27H41F. The first-order valence-corrected chi connectivity index (χ1v) is 12.1. The van der Waals surface area contributed by atoms with Gasteiger partial charge in [-0.1, -0.05) is 82.6 Å². The first-order chi connectivity index (χ1) is 13.7. The fraction of sp³-hybridized carbons (Fsp3) is 0.704. The van der Waals surface area contributed by atoms with E-state index in [1.807, 2.05) is 6.07 Å². The highest BCUT2D eigenvalue weighted by molar-refractivity contribution is 5.25. The average molecular weight is 385 g/mol. The minimum Gasteiger partial charge on any atom is -0.207 e. The van der Waals surface area contributed by atoms with Crippen molar-refractivity contribution in [1.82, 2.24) is 0 Å². The van der Waals surface area contributed by atoms with Crippen LogP contribution in [0.5, 0.6) is 0 Å². The Morgan fingerprint density at radius 1 is 0.857 bits per heavy atom. The van der Waals surface area contributed by atoms with Crippen LogP contribution >= 0.6 is 0 Å². The molecule has 2 aliphatic carbocycles. The molecule has 0 radical (unpaired) electrons. The van der Waals surface area contributed by atoms with Crippen LogP contribution in [0.25, 0.3) is 0 Å². The van der Waals surface area contributed by atoms with Gasteiger partial charge in [-0.25, -0.2) is 4.39 Å². The van der Waals surface area contributed by atoms with Gasteiger partial charge >= 0.3 is 0 Å². The second-order valence-corrected chi connectivity index (χ2v) is 9.55. The van der Waals surface area contributed by atoms with Crippen molar-refractivity contribution in [2.24, 2.45) is 17.8 Å². The molecule has 3 rings (SSSR count). The van der Waals surface area contributed by atoms with Crippen molar-refractivity contribution >= 4 is 0 Å². The highest BCUT2D eigenvalue weighted by atomic mass is 19.1. The van der Waals surface area contributed by atoms with Crippen LogP contribution in [0, 0.1) is 23.6 Å². The van der Waals surface area contributed by atoms with Crippen LogP contribution < -0.4 is 0 Å². The number of allylic oxidation sites excluding steroid dienone is 2. The molecule has 2 aliphatic rings. The number of halogens is 1. The highest BCUT2D eigenvalue weighted by Gasteiger charge is 2.22. The molecule has 1 aromatic rings. The van der Waals surface area contributed by atoms with E-state index in [4.69, 9.17) is 0 Å². The lowest BCUT2D eigenvalue weighted by Gasteiger charge is -2.29. The number of rotatable bonds is 9. The minimum atomic E-state index is -0.00925. The van der Waals surface area contributed by atoms with Crippen molar-refractivity contribution in [1.29, 1.82) is 0 Å². The van der Waals surface area contributed by atoms with Crippen LogP contribution in [0.3, 0.4) is 0 Å². The van der Waals surface area contributed by atoms with E-state index in [1.54, 1.807) is 11.6 Å². The molecule has 28 heavy (non-hydrogen) atoms. The molecular weight excluding hydrogens is 343 g/mol. The van der Waals surface area contributed by atoms with Crippen molar-refractivity contribution < 1.29 is 4.39 Å². The zero-order valence-electron chi connectivity index (χ0n) is 18.3. The predicted octanol–water partition coefficient (Wildman–Crippen LogP) is 8.43. The van der Waals surface area contributed by atoms with Gasteiger partial charge in [0.2, 0.25) is 0 Å². The van der Waals surface area contributed by atoms with Gasteiger partial charge in [-0.05, 0) is 79.9 Å². The normalized spacial score (nSPS) is 25.5. The van der Waals surface area contributed by atoms with Gasteiger partial charge in [0.1, 0.15) is 5.82 Å². The zero-order valence-corrected chi connectivity index (χ0v) is 18.3. The lowest BCUT2D eigenvalue weighted by molar-refractivity contribution is 0.241. The first-order valence-electron chi connectivity index (χ1n) is 12.1. The molecule has 1 atom stereocenters. The molecule has 1 fully saturated rings. The minimum absolute atomic E-state index is 0.00925. The summed E-state index contributed by atoms with van der Waals surface area (Å²) < 4.78 is 14.1. The number of hydrogen-bond donors (Lipinski definition) is 0. The topological polar surface area (TPSA) is 0 Å². The maximum Gasteiger partial charge on any atom is 0.126 e. The summed E-state index contributed by atoms with van der Waals surface area (Å²) in [6, 6.07) is 5.89. The van der Waals surface area contributed by atoms with E-state index < -0.39 is 0 Å². The number of aryl methyl sites for hydroxylation is 2. The largest absolute Gasteiger partial charge is 0.207 e. The molecule has 0 aromatic heterocycles. The van der Waals surface area contributed by atoms with Crippen LogP contribution in [0.4, 0.5) is 4.39 Å². The van der Waals surface area contributed by atoms with Gasteiger partial charge in [-0.15, -0.1) is 0 Å². The predicted molar refractivity (Wildman–Crippen MR) is 119 cm³/mol. The SMILES string of the molecule is CCCc1ccc(CCC2=CCC(CCC3CCC(CC)CC3)CC2)cc1F. The van der Waals surface area contributed by atoms with Crippen LogP contribution in [0.15, 0.2) is 29.8 Å². The van der Waals surface area contributed by atoms with Crippen LogP contribution in [-0.4, -0.2) is 0 Å². The summed E-state index contributed by atoms with van der Waals surface area (Å²) in [5.74, 6) is 2.94. The third-order valence-electron chi connectivity index (χ3n) is 7.51. The molecule has 1 saturated carbocycles. The lowest BCUT2D eigenvalue weighted by Crippen LogP contribution is -2.15. The van der Waals surface area contributed by atoms with Gasteiger partial charge in [0.15, 0.2) is 0 Å². The van der Waals surface area contributed by atoms with Crippen molar-refractivity contribution in [2.75, 3.05) is 0 Å². The molecule has 1 heteroatoms. The van der Waals surface area contributed by atoms with E-state index in [0.717, 1.165) is 54.6 Å². The number of hydrogen-bond acceptors (Lipinski definition) is 0. The Kier molecular flexibility index (Phi) is 8.62. The standard InChI is InChI=1S/C27H41F/c1-3-5-26-19-18-25(20-27(26)28)17-16-24-14-12-23(13-15-24)11-10-22-8-6-21(4-2)7-9-22/h14,18-23H,3-13,15-17H2,1-2H3. The van der Waals surface area contributed by atoms with Crippen molar-refractivity contribution in [3.63, 3.8) is 0 Å². The monoisotopic (exact) mass is 384 g/mol. The summed E-state index contributed by atoms with van der Waals surface area (Å²) >= 11 is 0. The molecule has 0 heterocycles. The number of benzene rings is 1. The Labute approximate surface area is 173 Å². The third kappa shape index (κ3) is 6.46. The molecule has 0 saturated heterocycles. The lowest BCUT2D eigenvalue weighted by atomic mass is 9.76. The van der Waals surface area contributed by atoms with Crippen molar-refractivity contribution in [3.05, 3.63) is 46.8 Å². The van der Waals surface area contributed by atoms with Gasteiger partial charge in [0, 0.05) is 0 Å². The summed E-state index contributed by atoms with van der Waals surface area (Å²) in [6.45, 7) is 4.46. The van der Waals surface area contributed by atoms with E-state index >= 15 is 0 Å². The quantitative estimate of drug-likeness (QED) is 0.375. The van der Waals surface area contributed by atoms with Gasteiger partial charge in [0.05, 0.1) is 0 Å². The second kappa shape index (κ2) is 11.2. The van der Waals surface area contributed by atoms with Crippen LogP contribution in [-0.2, 0) is 12.8 Å². The van der Waals surface area contributed by atoms with Crippen LogP contribution in [0.2, 0.25) is 0 Å². The molecule has 0 N–H and O–H groups in total. The molecule has 0 bridgehead atoms. The van der Waals surface area contributed by atoms with E-state index in [2.05, 4.69) is 26.0 Å². The molecule has 0 aliphatic heterocycles. The molecule has 0 nitrogen and oxygen atoms in total. The smallest absolute Gasteiger partial charge is 0.126 e. The van der Waals surface area contributed by atoms with E-state index in [9.17, 15) is 4.39 Å². The van der Waals surface area contributed by atoms with Gasteiger partial charge in [-0.3, -0.25) is 0 Å².